The number of hydrogen-bond acceptors (Lipinski definition) is 3. The van der Waals surface area contributed by atoms with Crippen LogP contribution in [0.3, 0.4) is 0 Å². The summed E-state index contributed by atoms with van der Waals surface area (Å²) in [7, 11) is 1.80. The third-order valence-corrected chi connectivity index (χ3v) is 4.45. The zero-order chi connectivity index (χ0) is 13.7. The van der Waals surface area contributed by atoms with Crippen LogP contribution in [0.2, 0.25) is 0 Å². The SMILES string of the molecule is CC(Sc1ccc(Br)cc1)C(=O)N(C)C(C)CN. The van der Waals surface area contributed by atoms with E-state index in [-0.39, 0.29) is 17.2 Å². The van der Waals surface area contributed by atoms with Gasteiger partial charge in [-0.1, -0.05) is 15.9 Å². The van der Waals surface area contributed by atoms with Gasteiger partial charge in [-0.05, 0) is 38.1 Å². The van der Waals surface area contributed by atoms with Crippen molar-refractivity contribution in [3.8, 4) is 0 Å². The second-order valence-electron chi connectivity index (χ2n) is 4.25. The third kappa shape index (κ3) is 4.30. The van der Waals surface area contributed by atoms with Gasteiger partial charge >= 0.3 is 0 Å². The number of nitrogens with zero attached hydrogens (tertiary/aromatic N) is 1. The van der Waals surface area contributed by atoms with Crippen LogP contribution in [0.5, 0.6) is 0 Å². The number of benzene rings is 1. The molecule has 0 aromatic heterocycles. The van der Waals surface area contributed by atoms with Gasteiger partial charge in [0.1, 0.15) is 0 Å². The van der Waals surface area contributed by atoms with Crippen molar-refractivity contribution in [2.75, 3.05) is 13.6 Å². The third-order valence-electron chi connectivity index (χ3n) is 2.82. The molecule has 0 fully saturated rings. The number of likely N-dealkylation sites (N-methyl/N-ethyl adjacent to an activating group) is 1. The first-order valence-electron chi connectivity index (χ1n) is 5.84. The first-order valence-corrected chi connectivity index (χ1v) is 7.52. The number of thioether (sulfide) groups is 1. The standard InChI is InChI=1S/C13H19BrN2OS/c1-9(8-15)16(3)13(17)10(2)18-12-6-4-11(14)5-7-12/h4-7,9-10H,8,15H2,1-3H3. The molecule has 1 aromatic rings. The normalized spacial score (nSPS) is 14.1. The maximum Gasteiger partial charge on any atom is 0.235 e. The maximum absolute atomic E-state index is 12.2. The van der Waals surface area contributed by atoms with E-state index in [0.717, 1.165) is 9.37 Å². The average molecular weight is 331 g/mol. The van der Waals surface area contributed by atoms with E-state index in [2.05, 4.69) is 15.9 Å². The van der Waals surface area contributed by atoms with Crippen molar-refractivity contribution in [1.29, 1.82) is 0 Å². The number of rotatable bonds is 5. The molecule has 0 saturated carbocycles. The fourth-order valence-corrected chi connectivity index (χ4v) is 2.66. The Labute approximate surface area is 121 Å². The van der Waals surface area contributed by atoms with Crippen LogP contribution in [0.15, 0.2) is 33.6 Å². The van der Waals surface area contributed by atoms with Crippen LogP contribution in [0.25, 0.3) is 0 Å². The number of carbonyl (C=O) groups excluding carboxylic acids is 1. The highest BCUT2D eigenvalue weighted by Gasteiger charge is 2.21. The van der Waals surface area contributed by atoms with Crippen LogP contribution in [-0.2, 0) is 4.79 Å². The Morgan fingerprint density at radius 1 is 1.39 bits per heavy atom. The van der Waals surface area contributed by atoms with E-state index in [4.69, 9.17) is 5.73 Å². The summed E-state index contributed by atoms with van der Waals surface area (Å²) in [4.78, 5) is 15.0. The molecule has 0 bridgehead atoms. The predicted octanol–water partition coefficient (Wildman–Crippen LogP) is 2.74. The lowest BCUT2D eigenvalue weighted by molar-refractivity contribution is -0.130. The summed E-state index contributed by atoms with van der Waals surface area (Å²) in [5, 5.41) is -0.106. The molecule has 1 aromatic carbocycles. The molecular weight excluding hydrogens is 312 g/mol. The fraction of sp³-hybridized carbons (Fsp3) is 0.462. The lowest BCUT2D eigenvalue weighted by atomic mass is 10.3. The molecule has 2 atom stereocenters. The second-order valence-corrected chi connectivity index (χ2v) is 6.58. The van der Waals surface area contributed by atoms with Gasteiger partial charge in [0.05, 0.1) is 5.25 Å². The number of halogens is 1. The maximum atomic E-state index is 12.2. The Balaban J connectivity index is 2.62. The van der Waals surface area contributed by atoms with Gasteiger partial charge < -0.3 is 10.6 Å². The largest absolute Gasteiger partial charge is 0.341 e. The molecule has 0 radical (unpaired) electrons. The number of carbonyl (C=O) groups is 1. The van der Waals surface area contributed by atoms with Crippen molar-refractivity contribution >= 4 is 33.6 Å². The smallest absolute Gasteiger partial charge is 0.235 e. The fourth-order valence-electron chi connectivity index (χ4n) is 1.43. The first-order chi connectivity index (χ1) is 8.45. The molecule has 18 heavy (non-hydrogen) atoms. The van der Waals surface area contributed by atoms with Crippen LogP contribution in [0.1, 0.15) is 13.8 Å². The molecule has 1 rings (SSSR count). The van der Waals surface area contributed by atoms with Crippen molar-refractivity contribution < 1.29 is 4.79 Å². The Hall–Kier alpha value is -0.520. The molecule has 0 heterocycles. The van der Waals surface area contributed by atoms with Crippen molar-refractivity contribution in [3.05, 3.63) is 28.7 Å². The summed E-state index contributed by atoms with van der Waals surface area (Å²) in [5.41, 5.74) is 5.57. The lowest BCUT2D eigenvalue weighted by Gasteiger charge is -2.26. The molecule has 2 unspecified atom stereocenters. The highest BCUT2D eigenvalue weighted by atomic mass is 79.9. The summed E-state index contributed by atoms with van der Waals surface area (Å²) < 4.78 is 1.04. The van der Waals surface area contributed by atoms with Gasteiger partial charge in [0.15, 0.2) is 0 Å². The van der Waals surface area contributed by atoms with E-state index in [1.807, 2.05) is 38.1 Å². The molecule has 0 aliphatic heterocycles. The van der Waals surface area contributed by atoms with E-state index in [1.165, 1.54) is 0 Å². The minimum Gasteiger partial charge on any atom is -0.341 e. The molecule has 3 nitrogen and oxygen atoms in total. The molecule has 2 N–H and O–H groups in total. The molecule has 5 heteroatoms. The molecular formula is C13H19BrN2OS. The summed E-state index contributed by atoms with van der Waals surface area (Å²) in [5.74, 6) is 0.112. The Bertz CT molecular complexity index is 396. The highest BCUT2D eigenvalue weighted by Crippen LogP contribution is 2.26. The summed E-state index contributed by atoms with van der Waals surface area (Å²) >= 11 is 4.96. The first kappa shape index (κ1) is 15.5. The topological polar surface area (TPSA) is 46.3 Å². The molecule has 0 spiro atoms. The van der Waals surface area contributed by atoms with Gasteiger partial charge in [0, 0.05) is 29.0 Å². The Kier molecular flexibility index (Phi) is 6.18. The number of nitrogens with two attached hydrogens (primary N) is 1. The van der Waals surface area contributed by atoms with Crippen LogP contribution < -0.4 is 5.73 Å². The van der Waals surface area contributed by atoms with Crippen molar-refractivity contribution in [2.45, 2.75) is 30.0 Å². The zero-order valence-corrected chi connectivity index (χ0v) is 13.3. The van der Waals surface area contributed by atoms with E-state index in [0.29, 0.717) is 6.54 Å². The van der Waals surface area contributed by atoms with Gasteiger partial charge in [-0.2, -0.15) is 0 Å². The number of hydrogen-bond donors (Lipinski definition) is 1. The quantitative estimate of drug-likeness (QED) is 0.844. The van der Waals surface area contributed by atoms with E-state index in [1.54, 1.807) is 23.7 Å². The van der Waals surface area contributed by atoms with Gasteiger partial charge in [-0.25, -0.2) is 0 Å². The van der Waals surface area contributed by atoms with Gasteiger partial charge in [-0.3, -0.25) is 4.79 Å². The van der Waals surface area contributed by atoms with Crippen LogP contribution in [0, 0.1) is 0 Å². The van der Waals surface area contributed by atoms with Crippen LogP contribution in [0.4, 0.5) is 0 Å². The zero-order valence-electron chi connectivity index (χ0n) is 10.9. The minimum atomic E-state index is -0.106. The van der Waals surface area contributed by atoms with E-state index < -0.39 is 0 Å². The molecule has 1 amide bonds. The van der Waals surface area contributed by atoms with E-state index >= 15 is 0 Å². The van der Waals surface area contributed by atoms with Crippen LogP contribution >= 0.6 is 27.7 Å². The molecule has 100 valence electrons. The minimum absolute atomic E-state index is 0.0745. The molecule has 0 saturated heterocycles. The second kappa shape index (κ2) is 7.16. The summed E-state index contributed by atoms with van der Waals surface area (Å²) in [6.07, 6.45) is 0. The van der Waals surface area contributed by atoms with Crippen molar-refractivity contribution in [2.24, 2.45) is 5.73 Å². The van der Waals surface area contributed by atoms with Crippen molar-refractivity contribution in [1.82, 2.24) is 4.90 Å². The van der Waals surface area contributed by atoms with Gasteiger partial charge in [0.25, 0.3) is 0 Å². The Morgan fingerprint density at radius 2 is 1.94 bits per heavy atom. The van der Waals surface area contributed by atoms with Gasteiger partial charge in [-0.15, -0.1) is 11.8 Å². The highest BCUT2D eigenvalue weighted by molar-refractivity contribution is 9.10. The summed E-state index contributed by atoms with van der Waals surface area (Å²) in [6.45, 7) is 4.36. The predicted molar refractivity (Wildman–Crippen MR) is 80.7 cm³/mol. The molecule has 0 aliphatic rings. The monoisotopic (exact) mass is 330 g/mol. The summed E-state index contributed by atoms with van der Waals surface area (Å²) in [6, 6.07) is 8.04. The Morgan fingerprint density at radius 3 is 2.44 bits per heavy atom. The van der Waals surface area contributed by atoms with Gasteiger partial charge in [0.2, 0.25) is 5.91 Å². The average Bonchev–Trinajstić information content (AvgIpc) is 2.38. The molecule has 0 aliphatic carbocycles. The van der Waals surface area contributed by atoms with E-state index in [9.17, 15) is 4.79 Å². The number of amides is 1. The van der Waals surface area contributed by atoms with Crippen LogP contribution in [-0.4, -0.2) is 35.7 Å². The van der Waals surface area contributed by atoms with Crippen molar-refractivity contribution in [3.63, 3.8) is 0 Å². The lowest BCUT2D eigenvalue weighted by Crippen LogP contribution is -2.43.